The molecule has 0 atom stereocenters. The first-order valence-electron chi connectivity index (χ1n) is 45.2. The molecule has 130 heavy (non-hydrogen) atoms. The molecule has 0 saturated carbocycles. The van der Waals surface area contributed by atoms with Crippen molar-refractivity contribution in [2.45, 2.75) is 35.5 Å². The summed E-state index contributed by atoms with van der Waals surface area (Å²) in [5.74, 6) is 0. The molecule has 4 aliphatic carbocycles. The number of hydrogen-bond donors (Lipinski definition) is 0. The van der Waals surface area contributed by atoms with E-state index in [0.717, 1.165) is 100 Å². The van der Waals surface area contributed by atoms with Gasteiger partial charge in [-0.3, -0.25) is 0 Å². The van der Waals surface area contributed by atoms with Gasteiger partial charge < -0.3 is 18.6 Å². The maximum absolute atomic E-state index is 6.34. The molecule has 0 N–H and O–H groups in total. The molecule has 0 fully saturated rings. The highest BCUT2D eigenvalue weighted by molar-refractivity contribution is 6.08. The minimum atomic E-state index is -0.621. The Morgan fingerprint density at radius 3 is 0.792 bits per heavy atom. The Kier molecular flexibility index (Phi) is 17.7. The number of furan rings is 2. The number of anilines is 6. The van der Waals surface area contributed by atoms with Gasteiger partial charge in [0.25, 0.3) is 0 Å². The zero-order chi connectivity index (χ0) is 86.2. The molecule has 4 aliphatic rings. The van der Waals surface area contributed by atoms with Gasteiger partial charge in [-0.15, -0.1) is 0 Å². The summed E-state index contributed by atoms with van der Waals surface area (Å²) >= 11 is 0. The predicted octanol–water partition coefficient (Wildman–Crippen LogP) is 32.8. The highest BCUT2D eigenvalue weighted by Crippen LogP contribution is 2.68. The number of nitrogens with zero attached hydrogens (tertiary/aromatic N) is 2. The molecule has 22 aromatic rings. The van der Waals surface area contributed by atoms with E-state index in [-0.39, 0.29) is 5.41 Å². The van der Waals surface area contributed by atoms with Crippen LogP contribution < -0.4 is 9.80 Å². The lowest BCUT2D eigenvalue weighted by Crippen LogP contribution is -2.44. The van der Waals surface area contributed by atoms with Crippen molar-refractivity contribution < 1.29 is 8.83 Å². The predicted molar refractivity (Wildman–Crippen MR) is 537 cm³/mol. The van der Waals surface area contributed by atoms with Crippen LogP contribution in [0.4, 0.5) is 34.1 Å². The van der Waals surface area contributed by atoms with E-state index in [2.05, 4.69) is 485 Å². The monoisotopic (exact) mass is 1660 g/mol. The molecule has 0 amide bonds. The molecule has 2 heterocycles. The van der Waals surface area contributed by atoms with Crippen molar-refractivity contribution in [1.29, 1.82) is 0 Å². The van der Waals surface area contributed by atoms with Crippen molar-refractivity contribution in [2.24, 2.45) is 0 Å². The summed E-state index contributed by atoms with van der Waals surface area (Å²) in [6.07, 6.45) is 0. The Morgan fingerprint density at radius 1 is 0.177 bits per heavy atom. The lowest BCUT2D eigenvalue weighted by Gasteiger charge is -2.50. The summed E-state index contributed by atoms with van der Waals surface area (Å²) in [5, 5.41) is 4.55. The Hall–Kier alpha value is -16.4. The van der Waals surface area contributed by atoms with Gasteiger partial charge in [0.15, 0.2) is 0 Å². The van der Waals surface area contributed by atoms with Crippen molar-refractivity contribution in [2.75, 3.05) is 9.80 Å². The average Bonchev–Trinajstić information content (AvgIpc) is 1.42. The van der Waals surface area contributed by atoms with Crippen LogP contribution in [0, 0.1) is 0 Å². The van der Waals surface area contributed by atoms with Crippen molar-refractivity contribution in [3.8, 4) is 66.8 Å². The van der Waals surface area contributed by atoms with Crippen LogP contribution in [0.2, 0.25) is 0 Å². The van der Waals surface area contributed by atoms with Crippen molar-refractivity contribution >= 4 is 78.0 Å². The van der Waals surface area contributed by atoms with E-state index in [4.69, 9.17) is 8.83 Å². The molecule has 4 nitrogen and oxygen atoms in total. The Labute approximate surface area is 756 Å². The van der Waals surface area contributed by atoms with Crippen LogP contribution in [-0.4, -0.2) is 0 Å². The molecule has 0 radical (unpaired) electrons. The van der Waals surface area contributed by atoms with Crippen LogP contribution in [0.3, 0.4) is 0 Å². The van der Waals surface area contributed by atoms with Crippen LogP contribution in [0.5, 0.6) is 0 Å². The number of hydrogen-bond acceptors (Lipinski definition) is 4. The normalized spacial score (nSPS) is 13.9. The summed E-state index contributed by atoms with van der Waals surface area (Å²) in [6, 6.07) is 179. The highest BCUT2D eigenvalue weighted by atomic mass is 16.3. The lowest BCUT2D eigenvalue weighted by atomic mass is 9.51. The molecule has 612 valence electrons. The fourth-order valence-corrected chi connectivity index (χ4v) is 23.0. The van der Waals surface area contributed by atoms with Gasteiger partial charge in [-0.2, -0.15) is 0 Å². The van der Waals surface area contributed by atoms with Gasteiger partial charge in [0.1, 0.15) is 22.3 Å². The zero-order valence-electron chi connectivity index (χ0n) is 71.9. The SMILES string of the molecule is CC1(C)c2ccccc2C2(c3ccccc3-c3c(N(c4ccc(-c5ccccc5)cc4)c4ccc(-c5ccc6c(c5)oc5ccccc56)cc4)cccc32)c2ccccc21.c1ccc(-c2ccc(N(c3ccc(-c4ccc5c(c4)oc4ccccc45)cc3)c3cccc4c3-c3ccccc3C43c4ccccc4C(c4ccccc4)(c4ccccc4)c4ccccc43)cc2)cc1. The van der Waals surface area contributed by atoms with Gasteiger partial charge in [-0.1, -0.05) is 402 Å². The van der Waals surface area contributed by atoms with Gasteiger partial charge in [0, 0.05) is 60.8 Å². The van der Waals surface area contributed by atoms with E-state index >= 15 is 0 Å². The molecule has 26 rings (SSSR count). The first-order chi connectivity index (χ1) is 64.2. The third-order valence-electron chi connectivity index (χ3n) is 28.6. The molecule has 0 unspecified atom stereocenters. The van der Waals surface area contributed by atoms with Crippen molar-refractivity contribution in [3.05, 3.63) is 563 Å². The highest BCUT2D eigenvalue weighted by Gasteiger charge is 2.58. The molecule has 2 aromatic heterocycles. The maximum atomic E-state index is 6.34. The molecule has 0 bridgehead atoms. The summed E-state index contributed by atoms with van der Waals surface area (Å²) in [5.41, 5.74) is 41.1. The molecule has 20 aromatic carbocycles. The van der Waals surface area contributed by atoms with Crippen LogP contribution in [0.1, 0.15) is 91.7 Å². The second-order valence-electron chi connectivity index (χ2n) is 35.5. The zero-order valence-corrected chi connectivity index (χ0v) is 71.9. The Balaban J connectivity index is 0.000000142. The van der Waals surface area contributed by atoms with E-state index in [1.807, 2.05) is 24.3 Å². The first-order valence-corrected chi connectivity index (χ1v) is 45.2. The number of rotatable bonds is 12. The van der Waals surface area contributed by atoms with Gasteiger partial charge in [-0.05, 0) is 231 Å². The second kappa shape index (κ2) is 30.2. The van der Waals surface area contributed by atoms with Crippen LogP contribution >= 0.6 is 0 Å². The molecule has 4 heteroatoms. The van der Waals surface area contributed by atoms with E-state index in [1.54, 1.807) is 0 Å². The van der Waals surface area contributed by atoms with Gasteiger partial charge in [0.05, 0.1) is 27.6 Å². The van der Waals surface area contributed by atoms with E-state index in [1.165, 1.54) is 122 Å². The summed E-state index contributed by atoms with van der Waals surface area (Å²) < 4.78 is 12.6. The van der Waals surface area contributed by atoms with E-state index < -0.39 is 16.2 Å². The number of benzene rings is 20. The smallest absolute Gasteiger partial charge is 0.136 e. The van der Waals surface area contributed by atoms with Gasteiger partial charge >= 0.3 is 0 Å². The number of para-hydroxylation sites is 2. The second-order valence-corrected chi connectivity index (χ2v) is 35.5. The minimum Gasteiger partial charge on any atom is -0.456 e. The fourth-order valence-electron chi connectivity index (χ4n) is 23.0. The van der Waals surface area contributed by atoms with E-state index in [9.17, 15) is 0 Å². The van der Waals surface area contributed by atoms with E-state index in [0.29, 0.717) is 0 Å². The van der Waals surface area contributed by atoms with Gasteiger partial charge in [-0.25, -0.2) is 0 Å². The van der Waals surface area contributed by atoms with Crippen molar-refractivity contribution in [3.63, 3.8) is 0 Å². The molecule has 0 aliphatic heterocycles. The maximum Gasteiger partial charge on any atom is 0.136 e. The summed E-state index contributed by atoms with van der Waals surface area (Å²) in [6.45, 7) is 4.77. The minimum absolute atomic E-state index is 0.156. The Bertz CT molecular complexity index is 8030. The first kappa shape index (κ1) is 76.1. The molecular formula is C126H86N2O2. The topological polar surface area (TPSA) is 32.8 Å². The number of fused-ring (bicyclic) bond motifs is 24. The van der Waals surface area contributed by atoms with Crippen molar-refractivity contribution in [1.82, 2.24) is 0 Å². The van der Waals surface area contributed by atoms with Crippen LogP contribution in [0.25, 0.3) is 111 Å². The standard InChI is InChI=1S/C68H45NO.C58H41NO/c1-4-19-46(20-5-1)47-35-40-52(41-36-47)69(53-42-37-48(38-43-53)49-39-44-55-54-25-11-17-34-64(54)70-65(55)45-49)63-33-18-32-62-66(63)56-26-10-12-27-57(56)68(62)60-30-15-13-28-58(60)67(50-21-6-2-7-22-50,51-23-8-3-9-24-51)59-29-14-16-31-61(59)68;1-57(2)48-20-9-11-22-50(48)58(51-23-12-10-21-49(51)57)47-19-8-6-18-46(47)56-52(58)24-14-25-53(56)59(42-32-27-39(28-33-42)38-15-4-3-5-16-38)43-34-29-40(30-35-43)41-31-36-45-44-17-7-13-26-54(44)60-55(45)37-41/h1-45H;3-37H,1-2H3. The summed E-state index contributed by atoms with van der Waals surface area (Å²) in [4.78, 5) is 4.93. The quantitative estimate of drug-likeness (QED) is 0.122. The molecule has 0 saturated heterocycles. The molecular weight excluding hydrogens is 1570 g/mol. The fraction of sp³-hybridized carbons (Fsp3) is 0.0476. The average molecular weight is 1660 g/mol. The third kappa shape index (κ3) is 11.4. The van der Waals surface area contributed by atoms with Crippen LogP contribution in [0.15, 0.2) is 494 Å². The third-order valence-corrected chi connectivity index (χ3v) is 28.6. The largest absolute Gasteiger partial charge is 0.456 e. The molecule has 2 spiro atoms. The summed E-state index contributed by atoms with van der Waals surface area (Å²) in [7, 11) is 0. The van der Waals surface area contributed by atoms with Crippen LogP contribution in [-0.2, 0) is 21.7 Å². The lowest BCUT2D eigenvalue weighted by molar-refractivity contribution is 0.563. The Morgan fingerprint density at radius 2 is 0.431 bits per heavy atom. The van der Waals surface area contributed by atoms with Gasteiger partial charge in [0.2, 0.25) is 0 Å².